The molecule has 0 amide bonds. The van der Waals surface area contributed by atoms with Crippen molar-refractivity contribution in [3.05, 3.63) is 24.3 Å². The van der Waals surface area contributed by atoms with Gasteiger partial charge in [0.1, 0.15) is 17.2 Å². The molecule has 0 spiro atoms. The van der Waals surface area contributed by atoms with Crippen molar-refractivity contribution in [1.82, 2.24) is 4.31 Å². The quantitative estimate of drug-likeness (QED) is 0.709. The highest BCUT2D eigenvalue weighted by atomic mass is 32.2. The summed E-state index contributed by atoms with van der Waals surface area (Å²) in [6.07, 6.45) is 0.589. The van der Waals surface area contributed by atoms with Crippen LogP contribution < -0.4 is 4.74 Å². The first-order chi connectivity index (χ1) is 9.47. The molecule has 1 aromatic carbocycles. The number of benzene rings is 1. The predicted molar refractivity (Wildman–Crippen MR) is 74.1 cm³/mol. The minimum Gasteiger partial charge on any atom is -0.495 e. The van der Waals surface area contributed by atoms with Crippen LogP contribution in [0.3, 0.4) is 0 Å². The van der Waals surface area contributed by atoms with Gasteiger partial charge in [0.15, 0.2) is 0 Å². The first kappa shape index (κ1) is 16.5. The Bertz CT molecular complexity index is 556. The fourth-order valence-electron chi connectivity index (χ4n) is 1.71. The number of hydrogen-bond donors (Lipinski definition) is 0. The maximum absolute atomic E-state index is 12.6. The van der Waals surface area contributed by atoms with Gasteiger partial charge in [-0.2, -0.15) is 4.31 Å². The van der Waals surface area contributed by atoms with E-state index in [2.05, 4.69) is 4.74 Å². The topological polar surface area (TPSA) is 72.9 Å². The Morgan fingerprint density at radius 2 is 1.90 bits per heavy atom. The summed E-state index contributed by atoms with van der Waals surface area (Å²) in [4.78, 5) is 11.4. The largest absolute Gasteiger partial charge is 0.495 e. The van der Waals surface area contributed by atoms with E-state index in [-0.39, 0.29) is 23.7 Å². The molecule has 7 heteroatoms. The van der Waals surface area contributed by atoms with Gasteiger partial charge in [-0.15, -0.1) is 0 Å². The van der Waals surface area contributed by atoms with E-state index >= 15 is 0 Å². The third-order valence-electron chi connectivity index (χ3n) is 2.69. The van der Waals surface area contributed by atoms with Crippen molar-refractivity contribution in [2.45, 2.75) is 18.2 Å². The molecule has 0 fully saturated rings. The van der Waals surface area contributed by atoms with Gasteiger partial charge in [-0.3, -0.25) is 4.79 Å². The first-order valence-corrected chi connectivity index (χ1v) is 7.61. The summed E-state index contributed by atoms with van der Waals surface area (Å²) < 4.78 is 35.9. The van der Waals surface area contributed by atoms with Crippen LogP contribution in [0.25, 0.3) is 0 Å². The van der Waals surface area contributed by atoms with Crippen LogP contribution in [0.15, 0.2) is 29.2 Å². The van der Waals surface area contributed by atoms with Gasteiger partial charge in [0.2, 0.25) is 10.0 Å². The molecule has 0 atom stereocenters. The number of ether oxygens (including phenoxy) is 2. The lowest BCUT2D eigenvalue weighted by Crippen LogP contribution is -2.36. The maximum Gasteiger partial charge on any atom is 0.321 e. The summed E-state index contributed by atoms with van der Waals surface area (Å²) in [5, 5.41) is 0. The van der Waals surface area contributed by atoms with Gasteiger partial charge in [-0.25, -0.2) is 8.42 Å². The summed E-state index contributed by atoms with van der Waals surface area (Å²) in [6.45, 7) is 1.75. The maximum atomic E-state index is 12.6. The molecule has 0 aliphatic rings. The Balaban J connectivity index is 3.18. The Kier molecular flexibility index (Phi) is 5.97. The van der Waals surface area contributed by atoms with Crippen molar-refractivity contribution in [1.29, 1.82) is 0 Å². The van der Waals surface area contributed by atoms with Crippen molar-refractivity contribution in [2.75, 3.05) is 27.3 Å². The second kappa shape index (κ2) is 7.25. The zero-order valence-electron chi connectivity index (χ0n) is 11.8. The Morgan fingerprint density at radius 1 is 1.25 bits per heavy atom. The minimum atomic E-state index is -3.80. The molecule has 0 heterocycles. The van der Waals surface area contributed by atoms with E-state index in [4.69, 9.17) is 4.74 Å². The summed E-state index contributed by atoms with van der Waals surface area (Å²) in [6, 6.07) is 6.31. The third kappa shape index (κ3) is 3.71. The van der Waals surface area contributed by atoms with Crippen LogP contribution in [-0.4, -0.2) is 46.0 Å². The number of carbonyl (C=O) groups is 1. The van der Waals surface area contributed by atoms with Crippen molar-refractivity contribution in [3.63, 3.8) is 0 Å². The molecule has 0 saturated heterocycles. The molecular weight excluding hydrogens is 282 g/mol. The van der Waals surface area contributed by atoms with Crippen molar-refractivity contribution >= 4 is 16.0 Å². The van der Waals surface area contributed by atoms with Gasteiger partial charge >= 0.3 is 5.97 Å². The lowest BCUT2D eigenvalue weighted by atomic mass is 10.3. The number of carbonyl (C=O) groups excluding carboxylic acids is 1. The van der Waals surface area contributed by atoms with Gasteiger partial charge in [-0.1, -0.05) is 19.1 Å². The average Bonchev–Trinajstić information content (AvgIpc) is 2.46. The molecule has 1 aromatic rings. The zero-order valence-corrected chi connectivity index (χ0v) is 12.6. The highest BCUT2D eigenvalue weighted by Gasteiger charge is 2.28. The molecule has 0 N–H and O–H groups in total. The van der Waals surface area contributed by atoms with E-state index in [1.54, 1.807) is 18.2 Å². The standard InChI is InChI=1S/C13H19NO5S/c1-4-9-14(10-13(15)19-3)20(16,17)12-8-6-5-7-11(12)18-2/h5-8H,4,9-10H2,1-3H3. The Hall–Kier alpha value is -1.60. The van der Waals surface area contributed by atoms with E-state index in [0.717, 1.165) is 4.31 Å². The number of para-hydroxylation sites is 1. The highest BCUT2D eigenvalue weighted by molar-refractivity contribution is 7.89. The van der Waals surface area contributed by atoms with Gasteiger partial charge in [0.25, 0.3) is 0 Å². The lowest BCUT2D eigenvalue weighted by molar-refractivity contribution is -0.140. The van der Waals surface area contributed by atoms with E-state index in [1.807, 2.05) is 6.92 Å². The fraction of sp³-hybridized carbons (Fsp3) is 0.462. The van der Waals surface area contributed by atoms with Crippen LogP contribution in [0.5, 0.6) is 5.75 Å². The van der Waals surface area contributed by atoms with Crippen LogP contribution in [0, 0.1) is 0 Å². The summed E-state index contributed by atoms with van der Waals surface area (Å²) >= 11 is 0. The number of hydrogen-bond acceptors (Lipinski definition) is 5. The highest BCUT2D eigenvalue weighted by Crippen LogP contribution is 2.26. The smallest absolute Gasteiger partial charge is 0.321 e. The first-order valence-electron chi connectivity index (χ1n) is 6.17. The third-order valence-corrected chi connectivity index (χ3v) is 4.58. The monoisotopic (exact) mass is 301 g/mol. The Labute approximate surface area is 119 Å². The van der Waals surface area contributed by atoms with Gasteiger partial charge in [-0.05, 0) is 18.6 Å². The average molecular weight is 301 g/mol. The molecule has 1 rings (SSSR count). The minimum absolute atomic E-state index is 0.0415. The molecule has 112 valence electrons. The summed E-state index contributed by atoms with van der Waals surface area (Å²) in [7, 11) is -1.18. The molecular formula is C13H19NO5S. The number of nitrogens with zero attached hydrogens (tertiary/aromatic N) is 1. The van der Waals surface area contributed by atoms with Crippen LogP contribution in [0.2, 0.25) is 0 Å². The fourth-order valence-corrected chi connectivity index (χ4v) is 3.35. The normalized spacial score (nSPS) is 11.4. The summed E-state index contributed by atoms with van der Waals surface area (Å²) in [5.74, 6) is -0.351. The van der Waals surface area contributed by atoms with E-state index < -0.39 is 16.0 Å². The number of esters is 1. The second-order valence-electron chi connectivity index (χ2n) is 4.07. The number of sulfonamides is 1. The predicted octanol–water partition coefficient (Wildman–Crippen LogP) is 1.27. The van der Waals surface area contributed by atoms with Crippen LogP contribution in [0.1, 0.15) is 13.3 Å². The molecule has 0 bridgehead atoms. The summed E-state index contributed by atoms with van der Waals surface area (Å²) in [5.41, 5.74) is 0. The van der Waals surface area contributed by atoms with Crippen molar-refractivity contribution in [2.24, 2.45) is 0 Å². The van der Waals surface area contributed by atoms with Gasteiger partial charge < -0.3 is 9.47 Å². The zero-order chi connectivity index (χ0) is 15.2. The van der Waals surface area contributed by atoms with E-state index in [1.165, 1.54) is 20.3 Å². The SMILES string of the molecule is CCCN(CC(=O)OC)S(=O)(=O)c1ccccc1OC. The molecule has 0 aromatic heterocycles. The second-order valence-corrected chi connectivity index (χ2v) is 5.97. The van der Waals surface area contributed by atoms with Crippen LogP contribution in [-0.2, 0) is 19.6 Å². The lowest BCUT2D eigenvalue weighted by Gasteiger charge is -2.21. The molecule has 0 unspecified atom stereocenters. The van der Waals surface area contributed by atoms with E-state index in [9.17, 15) is 13.2 Å². The molecule has 6 nitrogen and oxygen atoms in total. The van der Waals surface area contributed by atoms with Crippen molar-refractivity contribution in [3.8, 4) is 5.75 Å². The van der Waals surface area contributed by atoms with Crippen molar-refractivity contribution < 1.29 is 22.7 Å². The van der Waals surface area contributed by atoms with Gasteiger partial charge in [0.05, 0.1) is 14.2 Å². The number of rotatable bonds is 7. The molecule has 0 radical (unpaired) electrons. The van der Waals surface area contributed by atoms with Crippen LogP contribution in [0.4, 0.5) is 0 Å². The van der Waals surface area contributed by atoms with Gasteiger partial charge in [0, 0.05) is 6.54 Å². The van der Waals surface area contributed by atoms with E-state index in [0.29, 0.717) is 6.42 Å². The molecule has 0 aliphatic heterocycles. The van der Waals surface area contributed by atoms with Crippen LogP contribution >= 0.6 is 0 Å². The molecule has 0 aliphatic carbocycles. The Morgan fingerprint density at radius 3 is 2.45 bits per heavy atom. The number of methoxy groups -OCH3 is 2. The molecule has 0 saturated carbocycles. The molecule has 20 heavy (non-hydrogen) atoms.